The van der Waals surface area contributed by atoms with Crippen molar-refractivity contribution in [3.05, 3.63) is 88.3 Å². The normalized spacial score (nSPS) is 12.8. The van der Waals surface area contributed by atoms with E-state index >= 15 is 0 Å². The van der Waals surface area contributed by atoms with E-state index < -0.39 is 0 Å². The summed E-state index contributed by atoms with van der Waals surface area (Å²) in [6.07, 6.45) is 10.2. The molecule has 1 aromatic heterocycles. The van der Waals surface area contributed by atoms with E-state index in [0.717, 1.165) is 28.0 Å². The van der Waals surface area contributed by atoms with E-state index in [4.69, 9.17) is 10.7 Å². The SMILES string of the molecule is CCC(=N)C1=C=CC=C(c2cc(C)c(C)c(-c3ccc(C#N)cn3)c2)C=C1. The van der Waals surface area contributed by atoms with Gasteiger partial charge in [0.1, 0.15) is 6.07 Å². The first-order chi connectivity index (χ1) is 13.0. The quantitative estimate of drug-likeness (QED) is 0.567. The van der Waals surface area contributed by atoms with Gasteiger partial charge in [-0.15, -0.1) is 5.73 Å². The van der Waals surface area contributed by atoms with Crippen LogP contribution in [-0.4, -0.2) is 10.7 Å². The molecule has 27 heavy (non-hydrogen) atoms. The van der Waals surface area contributed by atoms with Crippen LogP contribution in [0.3, 0.4) is 0 Å². The molecule has 0 bridgehead atoms. The molecule has 132 valence electrons. The van der Waals surface area contributed by atoms with Crippen molar-refractivity contribution < 1.29 is 0 Å². The Morgan fingerprint density at radius 3 is 2.70 bits per heavy atom. The van der Waals surface area contributed by atoms with Crippen LogP contribution in [0, 0.1) is 30.6 Å². The van der Waals surface area contributed by atoms with Gasteiger partial charge in [0.15, 0.2) is 0 Å². The van der Waals surface area contributed by atoms with Crippen LogP contribution in [0.2, 0.25) is 0 Å². The van der Waals surface area contributed by atoms with Crippen molar-refractivity contribution in [1.29, 1.82) is 10.7 Å². The second-order valence-electron chi connectivity index (χ2n) is 6.52. The van der Waals surface area contributed by atoms with E-state index in [2.05, 4.69) is 42.8 Å². The fraction of sp³-hybridized carbons (Fsp3) is 0.167. The van der Waals surface area contributed by atoms with Gasteiger partial charge in [-0.2, -0.15) is 5.26 Å². The van der Waals surface area contributed by atoms with Gasteiger partial charge in [-0.1, -0.05) is 19.1 Å². The van der Waals surface area contributed by atoms with Crippen LogP contribution in [0.1, 0.15) is 35.6 Å². The molecule has 0 fully saturated rings. The van der Waals surface area contributed by atoms with E-state index in [-0.39, 0.29) is 0 Å². The number of pyridine rings is 1. The third kappa shape index (κ3) is 3.87. The Morgan fingerprint density at radius 1 is 1.22 bits per heavy atom. The number of nitrogens with one attached hydrogen (secondary N) is 1. The maximum atomic E-state index is 8.99. The molecule has 3 rings (SSSR count). The highest BCUT2D eigenvalue weighted by Gasteiger charge is 2.11. The molecule has 1 N–H and O–H groups in total. The Hall–Kier alpha value is -3.47. The fourth-order valence-corrected chi connectivity index (χ4v) is 2.98. The van der Waals surface area contributed by atoms with Gasteiger partial charge in [-0.3, -0.25) is 4.98 Å². The highest BCUT2D eigenvalue weighted by atomic mass is 14.7. The smallest absolute Gasteiger partial charge is 0.101 e. The summed E-state index contributed by atoms with van der Waals surface area (Å²) >= 11 is 0. The second-order valence-corrected chi connectivity index (χ2v) is 6.52. The van der Waals surface area contributed by atoms with Gasteiger partial charge in [0.25, 0.3) is 0 Å². The maximum Gasteiger partial charge on any atom is 0.101 e. The molecular formula is C24H21N3. The van der Waals surface area contributed by atoms with Gasteiger partial charge in [-0.05, 0) is 79.0 Å². The van der Waals surface area contributed by atoms with Gasteiger partial charge >= 0.3 is 0 Å². The first-order valence-electron chi connectivity index (χ1n) is 8.94. The van der Waals surface area contributed by atoms with Crippen molar-refractivity contribution >= 4 is 11.3 Å². The Balaban J connectivity index is 2.02. The third-order valence-corrected chi connectivity index (χ3v) is 4.78. The summed E-state index contributed by atoms with van der Waals surface area (Å²) in [5, 5.41) is 17.0. The van der Waals surface area contributed by atoms with Crippen LogP contribution >= 0.6 is 0 Å². The molecule has 2 aromatic rings. The average molecular weight is 351 g/mol. The lowest BCUT2D eigenvalue weighted by atomic mass is 9.93. The Labute approximate surface area is 160 Å². The van der Waals surface area contributed by atoms with Gasteiger partial charge in [0, 0.05) is 23.0 Å². The molecule has 0 unspecified atom stereocenters. The zero-order valence-corrected chi connectivity index (χ0v) is 15.8. The van der Waals surface area contributed by atoms with Gasteiger partial charge in [0.05, 0.1) is 11.3 Å². The largest absolute Gasteiger partial charge is 0.304 e. The third-order valence-electron chi connectivity index (χ3n) is 4.78. The molecule has 0 atom stereocenters. The molecule has 3 heteroatoms. The number of benzene rings is 1. The number of rotatable bonds is 4. The number of nitrogens with zero attached hydrogens (tertiary/aromatic N) is 2. The monoisotopic (exact) mass is 351 g/mol. The number of allylic oxidation sites excluding steroid dienone is 5. The lowest BCUT2D eigenvalue weighted by molar-refractivity contribution is 1.24. The molecule has 0 saturated carbocycles. The Kier molecular flexibility index (Phi) is 5.31. The summed E-state index contributed by atoms with van der Waals surface area (Å²) in [4.78, 5) is 4.46. The van der Waals surface area contributed by atoms with Crippen LogP contribution < -0.4 is 0 Å². The van der Waals surface area contributed by atoms with Crippen LogP contribution in [0.25, 0.3) is 16.8 Å². The van der Waals surface area contributed by atoms with Crippen LogP contribution in [0.4, 0.5) is 0 Å². The predicted octanol–water partition coefficient (Wildman–Crippen LogP) is 5.70. The van der Waals surface area contributed by atoms with Gasteiger partial charge in [0.2, 0.25) is 0 Å². The first kappa shape index (κ1) is 18.3. The zero-order chi connectivity index (χ0) is 19.4. The van der Waals surface area contributed by atoms with E-state index in [1.165, 1.54) is 11.1 Å². The van der Waals surface area contributed by atoms with Crippen molar-refractivity contribution in [2.75, 3.05) is 0 Å². The molecule has 1 aliphatic carbocycles. The number of aromatic nitrogens is 1. The molecule has 1 aromatic carbocycles. The van der Waals surface area contributed by atoms with Crippen LogP contribution in [0.15, 0.2) is 66.1 Å². The predicted molar refractivity (Wildman–Crippen MR) is 111 cm³/mol. The van der Waals surface area contributed by atoms with Gasteiger partial charge < -0.3 is 5.41 Å². The topological polar surface area (TPSA) is 60.5 Å². The number of hydrogen-bond donors (Lipinski definition) is 1. The van der Waals surface area contributed by atoms with E-state index in [1.807, 2.05) is 37.3 Å². The summed E-state index contributed by atoms with van der Waals surface area (Å²) in [6, 6.07) is 10.1. The zero-order valence-electron chi connectivity index (χ0n) is 15.8. The summed E-state index contributed by atoms with van der Waals surface area (Å²) in [5.41, 5.74) is 11.6. The van der Waals surface area contributed by atoms with Crippen molar-refractivity contribution in [1.82, 2.24) is 4.98 Å². The Bertz CT molecular complexity index is 1070. The van der Waals surface area contributed by atoms with Crippen molar-refractivity contribution in [3.8, 4) is 17.3 Å². The maximum absolute atomic E-state index is 8.99. The van der Waals surface area contributed by atoms with Crippen LogP contribution in [-0.2, 0) is 0 Å². The summed E-state index contributed by atoms with van der Waals surface area (Å²) in [5.74, 6) is 0. The highest BCUT2D eigenvalue weighted by molar-refractivity contribution is 6.00. The molecule has 1 aliphatic rings. The van der Waals surface area contributed by atoms with E-state index in [1.54, 1.807) is 12.3 Å². The van der Waals surface area contributed by atoms with Crippen molar-refractivity contribution in [3.63, 3.8) is 0 Å². The number of hydrogen-bond acceptors (Lipinski definition) is 3. The lowest BCUT2D eigenvalue weighted by Gasteiger charge is -2.13. The molecule has 0 amide bonds. The first-order valence-corrected chi connectivity index (χ1v) is 8.94. The molecule has 0 aliphatic heterocycles. The molecule has 0 saturated heterocycles. The Morgan fingerprint density at radius 2 is 2.04 bits per heavy atom. The summed E-state index contributed by atoms with van der Waals surface area (Å²) in [7, 11) is 0. The fourth-order valence-electron chi connectivity index (χ4n) is 2.98. The average Bonchev–Trinajstić information content (AvgIpc) is 2.96. The minimum Gasteiger partial charge on any atom is -0.304 e. The molecule has 0 radical (unpaired) electrons. The van der Waals surface area contributed by atoms with Crippen molar-refractivity contribution in [2.45, 2.75) is 27.2 Å². The van der Waals surface area contributed by atoms with E-state index in [0.29, 0.717) is 17.7 Å². The molecule has 3 nitrogen and oxygen atoms in total. The van der Waals surface area contributed by atoms with Crippen LogP contribution in [0.5, 0.6) is 0 Å². The molecule has 1 heterocycles. The highest BCUT2D eigenvalue weighted by Crippen LogP contribution is 2.30. The van der Waals surface area contributed by atoms with Gasteiger partial charge in [-0.25, -0.2) is 0 Å². The summed E-state index contributed by atoms with van der Waals surface area (Å²) < 4.78 is 0. The standard InChI is InChI=1S/C24H21N3/c1-4-23(26)20-7-5-6-19(9-10-20)21-12-16(2)17(3)22(13-21)24-11-8-18(14-25)15-27-24/h5-6,8-13,15,26H,4H2,1-3H3. The lowest BCUT2D eigenvalue weighted by Crippen LogP contribution is -1.95. The van der Waals surface area contributed by atoms with E-state index in [9.17, 15) is 0 Å². The second kappa shape index (κ2) is 7.83. The number of nitriles is 1. The number of aryl methyl sites for hydroxylation is 1. The minimum absolute atomic E-state index is 0.556. The van der Waals surface area contributed by atoms with Crippen molar-refractivity contribution in [2.24, 2.45) is 0 Å². The molecule has 0 spiro atoms. The summed E-state index contributed by atoms with van der Waals surface area (Å²) in [6.45, 7) is 6.16. The minimum atomic E-state index is 0.556. The molecular weight excluding hydrogens is 330 g/mol.